The maximum atomic E-state index is 13.0. The fraction of sp³-hybridized carbons (Fsp3) is 0.500. The Bertz CT molecular complexity index is 377. The third kappa shape index (κ3) is 2.16. The van der Waals surface area contributed by atoms with Gasteiger partial charge in [-0.2, -0.15) is 0 Å². The molecule has 2 N–H and O–H groups in total. The van der Waals surface area contributed by atoms with Crippen molar-refractivity contribution in [3.8, 4) is 5.75 Å². The van der Waals surface area contributed by atoms with E-state index in [0.717, 1.165) is 37.8 Å². The maximum Gasteiger partial charge on any atom is 0.162 e. The first-order chi connectivity index (χ1) is 7.65. The predicted molar refractivity (Wildman–Crippen MR) is 57.2 cm³/mol. The van der Waals surface area contributed by atoms with Gasteiger partial charge in [0, 0.05) is 6.07 Å². The zero-order valence-corrected chi connectivity index (χ0v) is 9.01. The van der Waals surface area contributed by atoms with E-state index in [1.807, 2.05) is 0 Å². The molecule has 0 amide bonds. The highest BCUT2D eigenvalue weighted by molar-refractivity contribution is 5.25. The number of nitrogens with two attached hydrogens (primary N) is 1. The topological polar surface area (TPSA) is 35.2 Å². The Labute approximate surface area is 93.4 Å². The van der Waals surface area contributed by atoms with E-state index in [-0.39, 0.29) is 5.60 Å². The minimum atomic E-state index is -0.875. The van der Waals surface area contributed by atoms with Crippen LogP contribution >= 0.6 is 0 Å². The Morgan fingerprint density at radius 1 is 1.25 bits per heavy atom. The lowest BCUT2D eigenvalue weighted by atomic mass is 9.77. The molecule has 2 rings (SSSR count). The van der Waals surface area contributed by atoms with Gasteiger partial charge in [0.15, 0.2) is 11.6 Å². The zero-order chi connectivity index (χ0) is 11.6. The van der Waals surface area contributed by atoms with Crippen molar-refractivity contribution >= 4 is 0 Å². The van der Waals surface area contributed by atoms with Gasteiger partial charge in [-0.3, -0.25) is 0 Å². The number of hydrogen-bond donors (Lipinski definition) is 1. The minimum absolute atomic E-state index is 0.251. The molecular formula is C12H15F2NO. The van der Waals surface area contributed by atoms with Crippen molar-refractivity contribution in [3.05, 3.63) is 29.8 Å². The van der Waals surface area contributed by atoms with E-state index < -0.39 is 11.6 Å². The first-order valence-corrected chi connectivity index (χ1v) is 5.49. The van der Waals surface area contributed by atoms with Crippen LogP contribution in [0.2, 0.25) is 0 Å². The molecule has 0 spiro atoms. The molecule has 1 aliphatic carbocycles. The zero-order valence-electron chi connectivity index (χ0n) is 9.01. The lowest BCUT2D eigenvalue weighted by molar-refractivity contribution is -0.0127. The third-order valence-electron chi connectivity index (χ3n) is 3.09. The van der Waals surface area contributed by atoms with E-state index >= 15 is 0 Å². The number of hydrogen-bond acceptors (Lipinski definition) is 2. The van der Waals surface area contributed by atoms with Crippen molar-refractivity contribution in [2.45, 2.75) is 31.3 Å². The van der Waals surface area contributed by atoms with E-state index in [2.05, 4.69) is 0 Å². The normalized spacial score (nSPS) is 17.9. The molecule has 2 nitrogen and oxygen atoms in total. The van der Waals surface area contributed by atoms with Gasteiger partial charge in [-0.05, 0) is 44.4 Å². The summed E-state index contributed by atoms with van der Waals surface area (Å²) in [5, 5.41) is 0. The van der Waals surface area contributed by atoms with Crippen molar-refractivity contribution < 1.29 is 13.5 Å². The molecule has 16 heavy (non-hydrogen) atoms. The van der Waals surface area contributed by atoms with Gasteiger partial charge in [0.1, 0.15) is 11.4 Å². The van der Waals surface area contributed by atoms with Crippen LogP contribution in [0.15, 0.2) is 18.2 Å². The lowest BCUT2D eigenvalue weighted by Crippen LogP contribution is -2.44. The molecule has 1 aromatic carbocycles. The molecule has 1 fully saturated rings. The van der Waals surface area contributed by atoms with Crippen LogP contribution in [-0.2, 0) is 0 Å². The second kappa shape index (κ2) is 4.37. The van der Waals surface area contributed by atoms with Crippen LogP contribution in [0.3, 0.4) is 0 Å². The molecule has 0 heterocycles. The summed E-state index contributed by atoms with van der Waals surface area (Å²) in [6, 6.07) is 3.63. The standard InChI is InChI=1S/C12H15F2NO/c13-10-3-2-9(8-11(10)14)16-12(6-7-15)4-1-5-12/h2-3,8H,1,4-7,15H2. The molecule has 0 radical (unpaired) electrons. The van der Waals surface area contributed by atoms with E-state index in [9.17, 15) is 8.78 Å². The summed E-state index contributed by atoms with van der Waals surface area (Å²) in [6.45, 7) is 0.545. The van der Waals surface area contributed by atoms with Crippen LogP contribution in [0.5, 0.6) is 5.75 Å². The van der Waals surface area contributed by atoms with Gasteiger partial charge in [-0.1, -0.05) is 0 Å². The average Bonchev–Trinajstić information content (AvgIpc) is 2.20. The Kier molecular flexibility index (Phi) is 3.10. The van der Waals surface area contributed by atoms with Gasteiger partial charge >= 0.3 is 0 Å². The molecule has 0 aliphatic heterocycles. The Balaban J connectivity index is 2.10. The van der Waals surface area contributed by atoms with E-state index in [1.54, 1.807) is 0 Å². The SMILES string of the molecule is NCCC1(Oc2ccc(F)c(F)c2)CCC1. The highest BCUT2D eigenvalue weighted by Crippen LogP contribution is 2.39. The predicted octanol–water partition coefficient (Wildman–Crippen LogP) is 2.62. The van der Waals surface area contributed by atoms with Crippen LogP contribution in [0, 0.1) is 11.6 Å². The molecule has 0 aromatic heterocycles. The molecule has 4 heteroatoms. The molecule has 1 saturated carbocycles. The Hall–Kier alpha value is -1.16. The smallest absolute Gasteiger partial charge is 0.162 e. The summed E-state index contributed by atoms with van der Waals surface area (Å²) >= 11 is 0. The fourth-order valence-corrected chi connectivity index (χ4v) is 2.03. The van der Waals surface area contributed by atoms with Gasteiger partial charge in [-0.15, -0.1) is 0 Å². The quantitative estimate of drug-likeness (QED) is 0.858. The first-order valence-electron chi connectivity index (χ1n) is 5.49. The molecular weight excluding hydrogens is 212 g/mol. The molecule has 88 valence electrons. The van der Waals surface area contributed by atoms with Gasteiger partial charge in [0.25, 0.3) is 0 Å². The molecule has 0 atom stereocenters. The molecule has 0 unspecified atom stereocenters. The summed E-state index contributed by atoms with van der Waals surface area (Å²) in [5.41, 5.74) is 5.27. The van der Waals surface area contributed by atoms with E-state index in [1.165, 1.54) is 6.07 Å². The fourth-order valence-electron chi connectivity index (χ4n) is 2.03. The number of halogens is 2. The average molecular weight is 227 g/mol. The number of rotatable bonds is 4. The van der Waals surface area contributed by atoms with Crippen molar-refractivity contribution in [1.29, 1.82) is 0 Å². The molecule has 0 bridgehead atoms. The second-order valence-corrected chi connectivity index (χ2v) is 4.25. The lowest BCUT2D eigenvalue weighted by Gasteiger charge is -2.41. The van der Waals surface area contributed by atoms with Crippen LogP contribution in [0.4, 0.5) is 8.78 Å². The summed E-state index contributed by atoms with van der Waals surface area (Å²) in [6.07, 6.45) is 3.72. The first kappa shape index (κ1) is 11.3. The maximum absolute atomic E-state index is 13.0. The number of benzene rings is 1. The van der Waals surface area contributed by atoms with Crippen molar-refractivity contribution in [2.24, 2.45) is 5.73 Å². The monoisotopic (exact) mass is 227 g/mol. The largest absolute Gasteiger partial charge is 0.487 e. The van der Waals surface area contributed by atoms with Gasteiger partial charge < -0.3 is 10.5 Å². The van der Waals surface area contributed by atoms with Crippen LogP contribution < -0.4 is 10.5 Å². The highest BCUT2D eigenvalue weighted by Gasteiger charge is 2.38. The van der Waals surface area contributed by atoms with Gasteiger partial charge in [-0.25, -0.2) is 8.78 Å². The van der Waals surface area contributed by atoms with Crippen molar-refractivity contribution in [3.63, 3.8) is 0 Å². The molecule has 1 aromatic rings. The Morgan fingerprint density at radius 3 is 2.50 bits per heavy atom. The van der Waals surface area contributed by atoms with Crippen molar-refractivity contribution in [2.75, 3.05) is 6.54 Å². The van der Waals surface area contributed by atoms with Crippen LogP contribution in [0.1, 0.15) is 25.7 Å². The minimum Gasteiger partial charge on any atom is -0.487 e. The molecule has 0 saturated heterocycles. The second-order valence-electron chi connectivity index (χ2n) is 4.25. The Morgan fingerprint density at radius 2 is 2.00 bits per heavy atom. The van der Waals surface area contributed by atoms with Gasteiger partial charge in [0.2, 0.25) is 0 Å². The van der Waals surface area contributed by atoms with E-state index in [4.69, 9.17) is 10.5 Å². The van der Waals surface area contributed by atoms with Crippen LogP contribution in [0.25, 0.3) is 0 Å². The summed E-state index contributed by atoms with van der Waals surface area (Å²) in [4.78, 5) is 0. The summed E-state index contributed by atoms with van der Waals surface area (Å²) in [7, 11) is 0. The summed E-state index contributed by atoms with van der Waals surface area (Å²) in [5.74, 6) is -1.35. The highest BCUT2D eigenvalue weighted by atomic mass is 19.2. The van der Waals surface area contributed by atoms with E-state index in [0.29, 0.717) is 12.3 Å². The van der Waals surface area contributed by atoms with Gasteiger partial charge in [0.05, 0.1) is 0 Å². The third-order valence-corrected chi connectivity index (χ3v) is 3.09. The van der Waals surface area contributed by atoms with Crippen molar-refractivity contribution in [1.82, 2.24) is 0 Å². The number of ether oxygens (including phenoxy) is 1. The van der Waals surface area contributed by atoms with Crippen LogP contribution in [-0.4, -0.2) is 12.1 Å². The summed E-state index contributed by atoms with van der Waals surface area (Å²) < 4.78 is 31.4. The molecule has 1 aliphatic rings.